The van der Waals surface area contributed by atoms with Crippen LogP contribution >= 0.6 is 0 Å². The van der Waals surface area contributed by atoms with Gasteiger partial charge < -0.3 is 9.51 Å². The Bertz CT molecular complexity index is 1180. The van der Waals surface area contributed by atoms with E-state index in [1.165, 1.54) is 5.56 Å². The Morgan fingerprint density at radius 2 is 1.78 bits per heavy atom. The van der Waals surface area contributed by atoms with Crippen molar-refractivity contribution in [2.24, 2.45) is 0 Å². The molecule has 5 heteroatoms. The highest BCUT2D eigenvalue weighted by Gasteiger charge is 2.17. The van der Waals surface area contributed by atoms with Gasteiger partial charge in [-0.1, -0.05) is 56.3 Å². The molecule has 0 saturated heterocycles. The zero-order valence-corrected chi connectivity index (χ0v) is 15.8. The summed E-state index contributed by atoms with van der Waals surface area (Å²) in [6.45, 7) is 8.47. The van der Waals surface area contributed by atoms with Crippen molar-refractivity contribution < 1.29 is 4.52 Å². The standard InChI is InChI=1S/C22H21N3O2/c1-13-6-5-7-15-12-17(20(26)23-18(13)15)19-24-21(27-25-19)14-8-10-16(11-9-14)22(2,3)4/h5-12H,1-4H3,(H,23,26). The van der Waals surface area contributed by atoms with E-state index < -0.39 is 0 Å². The summed E-state index contributed by atoms with van der Waals surface area (Å²) in [4.78, 5) is 19.9. The van der Waals surface area contributed by atoms with Gasteiger partial charge in [0, 0.05) is 5.56 Å². The number of para-hydroxylation sites is 1. The Morgan fingerprint density at radius 3 is 2.48 bits per heavy atom. The Kier molecular flexibility index (Phi) is 3.95. The molecule has 2 heterocycles. The van der Waals surface area contributed by atoms with Gasteiger partial charge in [0.2, 0.25) is 5.82 Å². The average Bonchev–Trinajstić information content (AvgIpc) is 3.11. The molecule has 0 fully saturated rings. The van der Waals surface area contributed by atoms with Crippen LogP contribution < -0.4 is 5.56 Å². The van der Waals surface area contributed by atoms with Crippen molar-refractivity contribution in [3.63, 3.8) is 0 Å². The number of aromatic nitrogens is 3. The highest BCUT2D eigenvalue weighted by molar-refractivity contribution is 5.84. The predicted octanol–water partition coefficient (Wildman–Crippen LogP) is 4.85. The quantitative estimate of drug-likeness (QED) is 0.555. The molecule has 2 aromatic carbocycles. The third kappa shape index (κ3) is 3.16. The van der Waals surface area contributed by atoms with Gasteiger partial charge in [-0.15, -0.1) is 0 Å². The van der Waals surface area contributed by atoms with Crippen molar-refractivity contribution >= 4 is 10.9 Å². The zero-order chi connectivity index (χ0) is 19.2. The van der Waals surface area contributed by atoms with Crippen LogP contribution in [0.3, 0.4) is 0 Å². The highest BCUT2D eigenvalue weighted by atomic mass is 16.5. The molecule has 2 aromatic heterocycles. The molecule has 1 N–H and O–H groups in total. The van der Waals surface area contributed by atoms with Crippen molar-refractivity contribution in [2.45, 2.75) is 33.1 Å². The van der Waals surface area contributed by atoms with Crippen molar-refractivity contribution in [3.05, 3.63) is 70.0 Å². The van der Waals surface area contributed by atoms with Gasteiger partial charge in [0.1, 0.15) is 0 Å². The molecule has 0 aliphatic rings. The summed E-state index contributed by atoms with van der Waals surface area (Å²) in [7, 11) is 0. The first kappa shape index (κ1) is 17.2. The van der Waals surface area contributed by atoms with Crippen LogP contribution in [-0.2, 0) is 5.41 Å². The lowest BCUT2D eigenvalue weighted by Gasteiger charge is -2.18. The van der Waals surface area contributed by atoms with E-state index in [9.17, 15) is 4.79 Å². The van der Waals surface area contributed by atoms with E-state index in [0.717, 1.165) is 22.0 Å². The Hall–Kier alpha value is -3.21. The van der Waals surface area contributed by atoms with Gasteiger partial charge in [0.15, 0.2) is 0 Å². The molecule has 0 unspecified atom stereocenters. The number of hydrogen-bond acceptors (Lipinski definition) is 4. The lowest BCUT2D eigenvalue weighted by Crippen LogP contribution is -2.10. The number of fused-ring (bicyclic) bond motifs is 1. The highest BCUT2D eigenvalue weighted by Crippen LogP contribution is 2.27. The van der Waals surface area contributed by atoms with Gasteiger partial charge in [0.05, 0.1) is 11.1 Å². The molecule has 4 rings (SSSR count). The molecule has 27 heavy (non-hydrogen) atoms. The number of hydrogen-bond donors (Lipinski definition) is 1. The maximum atomic E-state index is 12.5. The molecule has 4 aromatic rings. The predicted molar refractivity (Wildman–Crippen MR) is 107 cm³/mol. The molecule has 0 bridgehead atoms. The van der Waals surface area contributed by atoms with Gasteiger partial charge >= 0.3 is 0 Å². The number of pyridine rings is 1. The van der Waals surface area contributed by atoms with E-state index in [-0.39, 0.29) is 16.8 Å². The molecule has 0 amide bonds. The smallest absolute Gasteiger partial charge is 0.259 e. The lowest BCUT2D eigenvalue weighted by molar-refractivity contribution is 0.432. The van der Waals surface area contributed by atoms with Gasteiger partial charge in [0.25, 0.3) is 11.4 Å². The fourth-order valence-corrected chi connectivity index (χ4v) is 3.11. The fourth-order valence-electron chi connectivity index (χ4n) is 3.11. The molecule has 136 valence electrons. The van der Waals surface area contributed by atoms with Crippen LogP contribution in [0.2, 0.25) is 0 Å². The number of aromatic amines is 1. The van der Waals surface area contributed by atoms with Gasteiger partial charge in [-0.2, -0.15) is 4.98 Å². The maximum absolute atomic E-state index is 12.5. The van der Waals surface area contributed by atoms with Gasteiger partial charge in [-0.3, -0.25) is 4.79 Å². The molecule has 5 nitrogen and oxygen atoms in total. The third-order valence-corrected chi connectivity index (χ3v) is 4.75. The van der Waals surface area contributed by atoms with E-state index in [1.54, 1.807) is 6.07 Å². The number of H-pyrrole nitrogens is 1. The average molecular weight is 359 g/mol. The minimum Gasteiger partial charge on any atom is -0.334 e. The molecule has 0 saturated carbocycles. The van der Waals surface area contributed by atoms with Crippen LogP contribution in [0, 0.1) is 6.92 Å². The lowest BCUT2D eigenvalue weighted by atomic mass is 9.87. The summed E-state index contributed by atoms with van der Waals surface area (Å²) in [6.07, 6.45) is 0. The van der Waals surface area contributed by atoms with Gasteiger partial charge in [-0.25, -0.2) is 0 Å². The number of nitrogens with one attached hydrogen (secondary N) is 1. The summed E-state index contributed by atoms with van der Waals surface area (Å²) >= 11 is 0. The van der Waals surface area contributed by atoms with Crippen LogP contribution in [0.4, 0.5) is 0 Å². The maximum Gasteiger partial charge on any atom is 0.259 e. The van der Waals surface area contributed by atoms with Crippen molar-refractivity contribution in [1.82, 2.24) is 15.1 Å². The van der Waals surface area contributed by atoms with Crippen molar-refractivity contribution in [3.8, 4) is 22.8 Å². The van der Waals surface area contributed by atoms with Crippen LogP contribution in [-0.4, -0.2) is 15.1 Å². The molecular formula is C22H21N3O2. The first-order valence-electron chi connectivity index (χ1n) is 8.90. The monoisotopic (exact) mass is 359 g/mol. The minimum absolute atomic E-state index is 0.0784. The summed E-state index contributed by atoms with van der Waals surface area (Å²) in [5.74, 6) is 0.684. The number of rotatable bonds is 2. The number of benzene rings is 2. The fraction of sp³-hybridized carbons (Fsp3) is 0.227. The molecule has 0 radical (unpaired) electrons. The van der Waals surface area contributed by atoms with Crippen molar-refractivity contribution in [2.75, 3.05) is 0 Å². The van der Waals surface area contributed by atoms with Crippen LogP contribution in [0.15, 0.2) is 57.8 Å². The normalized spacial score (nSPS) is 11.9. The largest absolute Gasteiger partial charge is 0.334 e. The third-order valence-electron chi connectivity index (χ3n) is 4.75. The van der Waals surface area contributed by atoms with E-state index >= 15 is 0 Å². The molecular weight excluding hydrogens is 338 g/mol. The van der Waals surface area contributed by atoms with Crippen LogP contribution in [0.1, 0.15) is 31.9 Å². The second kappa shape index (κ2) is 6.20. The summed E-state index contributed by atoms with van der Waals surface area (Å²) < 4.78 is 5.41. The van der Waals surface area contributed by atoms with Crippen LogP contribution in [0.25, 0.3) is 33.7 Å². The van der Waals surface area contributed by atoms with E-state index in [1.807, 2.05) is 37.3 Å². The topological polar surface area (TPSA) is 71.8 Å². The minimum atomic E-state index is -0.229. The number of nitrogens with zero attached hydrogens (tertiary/aromatic N) is 2. The number of aryl methyl sites for hydroxylation is 1. The summed E-state index contributed by atoms with van der Waals surface area (Å²) in [5, 5.41) is 4.95. The second-order valence-corrected chi connectivity index (χ2v) is 7.80. The summed E-state index contributed by atoms with van der Waals surface area (Å²) in [5.41, 5.74) is 4.15. The molecule has 0 aliphatic carbocycles. The van der Waals surface area contributed by atoms with E-state index in [4.69, 9.17) is 4.52 Å². The Labute approximate surface area is 157 Å². The zero-order valence-electron chi connectivity index (χ0n) is 15.8. The second-order valence-electron chi connectivity index (χ2n) is 7.80. The van der Waals surface area contributed by atoms with E-state index in [0.29, 0.717) is 11.5 Å². The Morgan fingerprint density at radius 1 is 1.04 bits per heavy atom. The molecule has 0 spiro atoms. The first-order chi connectivity index (χ1) is 12.8. The van der Waals surface area contributed by atoms with Gasteiger partial charge in [-0.05, 0) is 47.1 Å². The molecule has 0 aliphatic heterocycles. The van der Waals surface area contributed by atoms with E-state index in [2.05, 4.69) is 48.0 Å². The van der Waals surface area contributed by atoms with Crippen molar-refractivity contribution in [1.29, 1.82) is 0 Å². The first-order valence-corrected chi connectivity index (χ1v) is 8.90. The summed E-state index contributed by atoms with van der Waals surface area (Å²) in [6, 6.07) is 15.7. The SMILES string of the molecule is Cc1cccc2cc(-c3noc(-c4ccc(C(C)(C)C)cc4)n3)c(=O)[nH]c12. The Balaban J connectivity index is 1.74. The van der Waals surface area contributed by atoms with Crippen LogP contribution in [0.5, 0.6) is 0 Å². The molecule has 0 atom stereocenters.